The van der Waals surface area contributed by atoms with Crippen LogP contribution in [0.25, 0.3) is 16.8 Å². The van der Waals surface area contributed by atoms with Gasteiger partial charge in [0.2, 0.25) is 0 Å². The highest BCUT2D eigenvalue weighted by Gasteiger charge is 2.31. The number of benzene rings is 3. The van der Waals surface area contributed by atoms with Crippen LogP contribution in [0.5, 0.6) is 0 Å². The Labute approximate surface area is 213 Å². The number of anilines is 1. The molecule has 0 unspecified atom stereocenters. The van der Waals surface area contributed by atoms with Crippen molar-refractivity contribution in [3.05, 3.63) is 126 Å². The van der Waals surface area contributed by atoms with E-state index in [0.29, 0.717) is 33.6 Å². The van der Waals surface area contributed by atoms with Crippen molar-refractivity contribution in [2.45, 2.75) is 12.4 Å². The molecule has 194 valence electrons. The number of allylic oxidation sites excluding steroid dienone is 3. The molecular formula is C28H19F6N3O. The third kappa shape index (κ3) is 6.03. The molecule has 0 atom stereocenters. The average molecular weight is 527 g/mol. The molecule has 0 saturated heterocycles. The highest BCUT2D eigenvalue weighted by atomic mass is 19.4. The molecule has 0 fully saturated rings. The van der Waals surface area contributed by atoms with Crippen molar-refractivity contribution in [1.29, 1.82) is 0 Å². The van der Waals surface area contributed by atoms with E-state index in [1.165, 1.54) is 48.7 Å². The SMILES string of the molecule is Nc1ccccc1-c1ccn(C(=O)C=CC=C(c2ccc(C(F)(F)F)cc2)c2ccc(C(F)(F)F)cc2)n1. The van der Waals surface area contributed by atoms with Gasteiger partial charge in [0.15, 0.2) is 0 Å². The number of carbonyl (C=O) groups is 1. The van der Waals surface area contributed by atoms with Crippen LogP contribution in [-0.4, -0.2) is 15.7 Å². The molecule has 0 aliphatic heterocycles. The molecule has 0 amide bonds. The molecule has 4 rings (SSSR count). The Balaban J connectivity index is 1.64. The Hall–Kier alpha value is -4.60. The van der Waals surface area contributed by atoms with Crippen LogP contribution >= 0.6 is 0 Å². The van der Waals surface area contributed by atoms with Crippen molar-refractivity contribution in [3.8, 4) is 11.3 Å². The van der Waals surface area contributed by atoms with Crippen molar-refractivity contribution in [2.24, 2.45) is 0 Å². The van der Waals surface area contributed by atoms with Crippen LogP contribution in [0.3, 0.4) is 0 Å². The number of halogens is 6. The zero-order valence-electron chi connectivity index (χ0n) is 19.5. The molecule has 10 heteroatoms. The lowest BCUT2D eigenvalue weighted by Gasteiger charge is -2.12. The third-order valence-electron chi connectivity index (χ3n) is 5.60. The van der Waals surface area contributed by atoms with Crippen LogP contribution in [0.15, 0.2) is 103 Å². The number of nitrogens with two attached hydrogens (primary N) is 1. The van der Waals surface area contributed by atoms with Crippen LogP contribution in [0.2, 0.25) is 0 Å². The molecule has 0 saturated carbocycles. The first-order valence-corrected chi connectivity index (χ1v) is 11.1. The molecule has 1 heterocycles. The van der Waals surface area contributed by atoms with Gasteiger partial charge in [0, 0.05) is 23.5 Å². The molecule has 0 aliphatic carbocycles. The van der Waals surface area contributed by atoms with E-state index in [2.05, 4.69) is 5.10 Å². The van der Waals surface area contributed by atoms with E-state index in [-0.39, 0.29) is 0 Å². The quantitative estimate of drug-likeness (QED) is 0.127. The van der Waals surface area contributed by atoms with E-state index in [0.717, 1.165) is 28.9 Å². The smallest absolute Gasteiger partial charge is 0.398 e. The maximum atomic E-state index is 13.0. The van der Waals surface area contributed by atoms with E-state index in [1.807, 2.05) is 0 Å². The van der Waals surface area contributed by atoms with Gasteiger partial charge in [0.1, 0.15) is 0 Å². The fourth-order valence-corrected chi connectivity index (χ4v) is 3.66. The van der Waals surface area contributed by atoms with Crippen LogP contribution in [0.1, 0.15) is 27.0 Å². The fraction of sp³-hybridized carbons (Fsp3) is 0.0714. The maximum absolute atomic E-state index is 13.0. The molecular weight excluding hydrogens is 508 g/mol. The van der Waals surface area contributed by atoms with Gasteiger partial charge in [-0.1, -0.05) is 54.6 Å². The minimum absolute atomic E-state index is 0.315. The predicted octanol–water partition coefficient (Wildman–Crippen LogP) is 7.50. The Morgan fingerprint density at radius 1 is 0.763 bits per heavy atom. The molecule has 2 N–H and O–H groups in total. The number of nitrogen functional groups attached to an aromatic ring is 1. The third-order valence-corrected chi connectivity index (χ3v) is 5.60. The van der Waals surface area contributed by atoms with E-state index in [1.54, 1.807) is 30.3 Å². The summed E-state index contributed by atoms with van der Waals surface area (Å²) in [5.41, 5.74) is 6.77. The number of para-hydroxylation sites is 1. The van der Waals surface area contributed by atoms with Gasteiger partial charge in [-0.25, -0.2) is 4.68 Å². The summed E-state index contributed by atoms with van der Waals surface area (Å²) >= 11 is 0. The van der Waals surface area contributed by atoms with Gasteiger partial charge < -0.3 is 5.73 Å². The summed E-state index contributed by atoms with van der Waals surface area (Å²) in [6.45, 7) is 0. The van der Waals surface area contributed by atoms with Gasteiger partial charge in [0.05, 0.1) is 16.8 Å². The predicted molar refractivity (Wildman–Crippen MR) is 132 cm³/mol. The summed E-state index contributed by atoms with van der Waals surface area (Å²) in [6, 6.07) is 17.0. The zero-order chi connectivity index (χ0) is 27.5. The summed E-state index contributed by atoms with van der Waals surface area (Å²) in [5, 5.41) is 4.22. The number of hydrogen-bond acceptors (Lipinski definition) is 3. The molecule has 0 aliphatic rings. The second-order valence-electron chi connectivity index (χ2n) is 8.16. The molecule has 0 radical (unpaired) electrons. The standard InChI is InChI=1S/C28H19F6N3O/c29-27(30,31)20-12-8-18(9-13-20)22(19-10-14-21(15-11-19)28(32,33)34)5-3-7-26(38)37-17-16-25(36-37)23-4-1-2-6-24(23)35/h1-17H,35H2. The number of carbonyl (C=O) groups excluding carboxylic acids is 1. The molecule has 0 bridgehead atoms. The Morgan fingerprint density at radius 2 is 1.29 bits per heavy atom. The Bertz CT molecular complexity index is 1440. The van der Waals surface area contributed by atoms with Crippen LogP contribution in [-0.2, 0) is 12.4 Å². The number of aromatic nitrogens is 2. The van der Waals surface area contributed by atoms with E-state index in [4.69, 9.17) is 5.73 Å². The van der Waals surface area contributed by atoms with Gasteiger partial charge >= 0.3 is 12.4 Å². The first-order chi connectivity index (χ1) is 17.9. The van der Waals surface area contributed by atoms with Crippen molar-refractivity contribution in [1.82, 2.24) is 9.78 Å². The zero-order valence-corrected chi connectivity index (χ0v) is 19.5. The van der Waals surface area contributed by atoms with Gasteiger partial charge in [0.25, 0.3) is 5.91 Å². The second-order valence-corrected chi connectivity index (χ2v) is 8.16. The summed E-state index contributed by atoms with van der Waals surface area (Å²) in [5.74, 6) is -0.527. The first kappa shape index (κ1) is 26.5. The lowest BCUT2D eigenvalue weighted by molar-refractivity contribution is -0.138. The van der Waals surface area contributed by atoms with E-state index < -0.39 is 29.4 Å². The maximum Gasteiger partial charge on any atom is 0.416 e. The Kier molecular flexibility index (Phi) is 7.25. The monoisotopic (exact) mass is 527 g/mol. The average Bonchev–Trinajstić information content (AvgIpc) is 3.36. The lowest BCUT2D eigenvalue weighted by Crippen LogP contribution is -2.07. The number of nitrogens with zero attached hydrogens (tertiary/aromatic N) is 2. The van der Waals surface area contributed by atoms with Gasteiger partial charge in [-0.15, -0.1) is 0 Å². The molecule has 3 aromatic carbocycles. The van der Waals surface area contributed by atoms with E-state index in [9.17, 15) is 31.1 Å². The summed E-state index contributed by atoms with van der Waals surface area (Å²) < 4.78 is 79.1. The highest BCUT2D eigenvalue weighted by Crippen LogP contribution is 2.33. The van der Waals surface area contributed by atoms with Crippen molar-refractivity contribution in [3.63, 3.8) is 0 Å². The minimum atomic E-state index is -4.55. The summed E-state index contributed by atoms with van der Waals surface area (Å²) in [4.78, 5) is 12.6. The number of rotatable bonds is 5. The molecule has 4 aromatic rings. The largest absolute Gasteiger partial charge is 0.416 e. The number of alkyl halides is 6. The van der Waals surface area contributed by atoms with E-state index >= 15 is 0 Å². The van der Waals surface area contributed by atoms with Crippen LogP contribution in [0, 0.1) is 0 Å². The minimum Gasteiger partial charge on any atom is -0.398 e. The van der Waals surface area contributed by atoms with Crippen molar-refractivity contribution >= 4 is 17.2 Å². The van der Waals surface area contributed by atoms with Crippen molar-refractivity contribution < 1.29 is 31.1 Å². The van der Waals surface area contributed by atoms with Crippen LogP contribution < -0.4 is 5.73 Å². The van der Waals surface area contributed by atoms with Gasteiger partial charge in [-0.05, 0) is 53.1 Å². The molecule has 38 heavy (non-hydrogen) atoms. The number of hydrogen-bond donors (Lipinski definition) is 1. The fourth-order valence-electron chi connectivity index (χ4n) is 3.66. The first-order valence-electron chi connectivity index (χ1n) is 11.1. The summed E-state index contributed by atoms with van der Waals surface area (Å²) in [7, 11) is 0. The molecule has 0 spiro atoms. The normalized spacial score (nSPS) is 12.1. The van der Waals surface area contributed by atoms with Gasteiger partial charge in [-0.2, -0.15) is 31.4 Å². The summed E-state index contributed by atoms with van der Waals surface area (Å²) in [6.07, 6.45) is -3.68. The van der Waals surface area contributed by atoms with Crippen molar-refractivity contribution in [2.75, 3.05) is 5.73 Å². The lowest BCUT2D eigenvalue weighted by atomic mass is 9.95. The van der Waals surface area contributed by atoms with Gasteiger partial charge in [-0.3, -0.25) is 4.79 Å². The molecule has 1 aromatic heterocycles. The highest BCUT2D eigenvalue weighted by molar-refractivity contribution is 5.91. The second kappa shape index (κ2) is 10.4. The van der Waals surface area contributed by atoms with Crippen LogP contribution in [0.4, 0.5) is 32.0 Å². The Morgan fingerprint density at radius 3 is 1.79 bits per heavy atom. The topological polar surface area (TPSA) is 60.9 Å². The molecule has 4 nitrogen and oxygen atoms in total.